The number of ether oxygens (including phenoxy) is 3. The number of benzene rings is 3. The topological polar surface area (TPSA) is 56.8 Å². The molecule has 1 amide bonds. The highest BCUT2D eigenvalue weighted by Gasteiger charge is 2.10. The van der Waals surface area contributed by atoms with Gasteiger partial charge in [0.1, 0.15) is 30.5 Å². The number of carbonyl (C=O) groups is 1. The summed E-state index contributed by atoms with van der Waals surface area (Å²) in [5.74, 6) is 2.38. The van der Waals surface area contributed by atoms with Crippen LogP contribution in [0.25, 0.3) is 0 Å². The standard InChI is InChI=1S/C25H27NO4/c1-19(2)18-30-22-14-12-20(13-15-22)25(27)26-23-10-6-7-11-24(23)29-17-16-28-21-8-4-3-5-9-21/h3-15,19H,16-18H2,1-2H3,(H,26,27). The molecule has 30 heavy (non-hydrogen) atoms. The number of amides is 1. The van der Waals surface area contributed by atoms with Crippen LogP contribution in [0.3, 0.4) is 0 Å². The first-order valence-electron chi connectivity index (χ1n) is 10.1. The first-order chi connectivity index (χ1) is 14.6. The van der Waals surface area contributed by atoms with Crippen LogP contribution in [0.15, 0.2) is 78.9 Å². The molecule has 0 fully saturated rings. The summed E-state index contributed by atoms with van der Waals surface area (Å²) in [7, 11) is 0. The Morgan fingerprint density at radius 2 is 1.40 bits per heavy atom. The van der Waals surface area contributed by atoms with Gasteiger partial charge in [-0.05, 0) is 54.4 Å². The fourth-order valence-corrected chi connectivity index (χ4v) is 2.68. The molecule has 0 saturated heterocycles. The Kier molecular flexibility index (Phi) is 7.72. The van der Waals surface area contributed by atoms with Crippen molar-refractivity contribution in [2.75, 3.05) is 25.1 Å². The van der Waals surface area contributed by atoms with Crippen molar-refractivity contribution in [3.05, 3.63) is 84.4 Å². The number of hydrogen-bond donors (Lipinski definition) is 1. The summed E-state index contributed by atoms with van der Waals surface area (Å²) in [4.78, 5) is 12.6. The van der Waals surface area contributed by atoms with Crippen molar-refractivity contribution in [2.45, 2.75) is 13.8 Å². The molecular weight excluding hydrogens is 378 g/mol. The summed E-state index contributed by atoms with van der Waals surface area (Å²) >= 11 is 0. The zero-order valence-corrected chi connectivity index (χ0v) is 17.3. The highest BCUT2D eigenvalue weighted by atomic mass is 16.5. The predicted octanol–water partition coefficient (Wildman–Crippen LogP) is 5.43. The molecule has 0 atom stereocenters. The smallest absolute Gasteiger partial charge is 0.255 e. The molecule has 5 nitrogen and oxygen atoms in total. The first kappa shape index (κ1) is 21.2. The van der Waals surface area contributed by atoms with E-state index in [2.05, 4.69) is 19.2 Å². The summed E-state index contributed by atoms with van der Waals surface area (Å²) in [6.07, 6.45) is 0. The Hall–Kier alpha value is -3.47. The van der Waals surface area contributed by atoms with Crippen LogP contribution >= 0.6 is 0 Å². The Bertz CT molecular complexity index is 923. The molecule has 5 heteroatoms. The van der Waals surface area contributed by atoms with Crippen molar-refractivity contribution < 1.29 is 19.0 Å². The molecule has 0 radical (unpaired) electrons. The lowest BCUT2D eigenvalue weighted by Gasteiger charge is -2.13. The fraction of sp³-hybridized carbons (Fsp3) is 0.240. The summed E-state index contributed by atoms with van der Waals surface area (Å²) < 4.78 is 17.1. The van der Waals surface area contributed by atoms with E-state index >= 15 is 0 Å². The number of carbonyl (C=O) groups excluding carboxylic acids is 1. The van der Waals surface area contributed by atoms with E-state index in [0.717, 1.165) is 11.5 Å². The van der Waals surface area contributed by atoms with Crippen LogP contribution in [0, 0.1) is 5.92 Å². The molecule has 0 heterocycles. The molecule has 0 spiro atoms. The molecule has 0 aromatic heterocycles. The zero-order valence-electron chi connectivity index (χ0n) is 17.3. The van der Waals surface area contributed by atoms with E-state index in [0.29, 0.717) is 42.7 Å². The van der Waals surface area contributed by atoms with Gasteiger partial charge < -0.3 is 19.5 Å². The van der Waals surface area contributed by atoms with Gasteiger partial charge in [0.2, 0.25) is 0 Å². The van der Waals surface area contributed by atoms with Crippen molar-refractivity contribution in [2.24, 2.45) is 5.92 Å². The summed E-state index contributed by atoms with van der Waals surface area (Å²) in [6.45, 7) is 5.60. The van der Waals surface area contributed by atoms with Crippen LogP contribution in [-0.4, -0.2) is 25.7 Å². The van der Waals surface area contributed by atoms with Gasteiger partial charge in [-0.15, -0.1) is 0 Å². The summed E-state index contributed by atoms with van der Waals surface area (Å²) in [6, 6.07) is 24.0. The predicted molar refractivity (Wildman–Crippen MR) is 119 cm³/mol. The van der Waals surface area contributed by atoms with E-state index in [1.54, 1.807) is 24.3 Å². The van der Waals surface area contributed by atoms with Gasteiger partial charge in [-0.3, -0.25) is 4.79 Å². The van der Waals surface area contributed by atoms with Crippen LogP contribution in [0.5, 0.6) is 17.2 Å². The summed E-state index contributed by atoms with van der Waals surface area (Å²) in [5, 5.41) is 2.91. The molecule has 0 aliphatic heterocycles. The molecule has 0 aliphatic carbocycles. The minimum Gasteiger partial charge on any atom is -0.493 e. The molecule has 3 rings (SSSR count). The van der Waals surface area contributed by atoms with E-state index in [-0.39, 0.29) is 5.91 Å². The van der Waals surface area contributed by atoms with E-state index in [9.17, 15) is 4.79 Å². The first-order valence-corrected chi connectivity index (χ1v) is 10.1. The Balaban J connectivity index is 1.54. The van der Waals surface area contributed by atoms with Gasteiger partial charge in [0.25, 0.3) is 5.91 Å². The minimum atomic E-state index is -0.206. The van der Waals surface area contributed by atoms with Crippen molar-refractivity contribution in [3.63, 3.8) is 0 Å². The van der Waals surface area contributed by atoms with Gasteiger partial charge in [0, 0.05) is 5.56 Å². The van der Waals surface area contributed by atoms with Crippen molar-refractivity contribution in [1.82, 2.24) is 0 Å². The highest BCUT2D eigenvalue weighted by Crippen LogP contribution is 2.25. The third kappa shape index (κ3) is 6.55. The van der Waals surface area contributed by atoms with E-state index in [1.807, 2.05) is 54.6 Å². The second-order valence-corrected chi connectivity index (χ2v) is 7.19. The molecular formula is C25H27NO4. The third-order valence-electron chi connectivity index (χ3n) is 4.19. The Morgan fingerprint density at radius 3 is 2.13 bits per heavy atom. The molecule has 1 N–H and O–H groups in total. The van der Waals surface area contributed by atoms with Gasteiger partial charge in [-0.1, -0.05) is 44.2 Å². The Labute approximate surface area is 177 Å². The second-order valence-electron chi connectivity index (χ2n) is 7.19. The van der Waals surface area contributed by atoms with Crippen molar-refractivity contribution in [3.8, 4) is 17.2 Å². The van der Waals surface area contributed by atoms with E-state index in [1.165, 1.54) is 0 Å². The van der Waals surface area contributed by atoms with Crippen LogP contribution in [0.2, 0.25) is 0 Å². The van der Waals surface area contributed by atoms with Gasteiger partial charge >= 0.3 is 0 Å². The Morgan fingerprint density at radius 1 is 0.767 bits per heavy atom. The van der Waals surface area contributed by atoms with Crippen molar-refractivity contribution >= 4 is 11.6 Å². The molecule has 156 valence electrons. The molecule has 3 aromatic rings. The molecule has 0 saturated carbocycles. The quantitative estimate of drug-likeness (QED) is 0.457. The second kappa shape index (κ2) is 10.9. The third-order valence-corrected chi connectivity index (χ3v) is 4.19. The van der Waals surface area contributed by atoms with Crippen molar-refractivity contribution in [1.29, 1.82) is 0 Å². The van der Waals surface area contributed by atoms with Gasteiger partial charge in [-0.2, -0.15) is 0 Å². The largest absolute Gasteiger partial charge is 0.493 e. The minimum absolute atomic E-state index is 0.206. The molecule has 0 aliphatic rings. The molecule has 0 unspecified atom stereocenters. The number of anilines is 1. The molecule has 0 bridgehead atoms. The van der Waals surface area contributed by atoms with E-state index < -0.39 is 0 Å². The summed E-state index contributed by atoms with van der Waals surface area (Å²) in [5.41, 5.74) is 1.16. The van der Waals surface area contributed by atoms with Crippen LogP contribution in [0.1, 0.15) is 24.2 Å². The van der Waals surface area contributed by atoms with Crippen LogP contribution in [-0.2, 0) is 0 Å². The maximum atomic E-state index is 12.6. The molecule has 3 aromatic carbocycles. The van der Waals surface area contributed by atoms with Gasteiger partial charge in [0.05, 0.1) is 12.3 Å². The van der Waals surface area contributed by atoms with Gasteiger partial charge in [-0.25, -0.2) is 0 Å². The number of hydrogen-bond acceptors (Lipinski definition) is 4. The maximum Gasteiger partial charge on any atom is 0.255 e. The average Bonchev–Trinajstić information content (AvgIpc) is 2.77. The van der Waals surface area contributed by atoms with E-state index in [4.69, 9.17) is 14.2 Å². The average molecular weight is 405 g/mol. The lowest BCUT2D eigenvalue weighted by molar-refractivity contribution is 0.102. The lowest BCUT2D eigenvalue weighted by atomic mass is 10.2. The lowest BCUT2D eigenvalue weighted by Crippen LogP contribution is -2.14. The van der Waals surface area contributed by atoms with Crippen LogP contribution < -0.4 is 19.5 Å². The zero-order chi connectivity index (χ0) is 21.2. The number of rotatable bonds is 10. The van der Waals surface area contributed by atoms with Crippen LogP contribution in [0.4, 0.5) is 5.69 Å². The highest BCUT2D eigenvalue weighted by molar-refractivity contribution is 6.05. The normalized spacial score (nSPS) is 10.5. The monoisotopic (exact) mass is 405 g/mol. The SMILES string of the molecule is CC(C)COc1ccc(C(=O)Nc2ccccc2OCCOc2ccccc2)cc1. The van der Waals surface area contributed by atoms with Gasteiger partial charge in [0.15, 0.2) is 0 Å². The number of nitrogens with one attached hydrogen (secondary N) is 1. The maximum absolute atomic E-state index is 12.6. The fourth-order valence-electron chi connectivity index (χ4n) is 2.68. The number of para-hydroxylation sites is 3.